The molecule has 2 heterocycles. The summed E-state index contributed by atoms with van der Waals surface area (Å²) in [6.45, 7) is 0. The molecule has 0 fully saturated rings. The van der Waals surface area contributed by atoms with Gasteiger partial charge < -0.3 is 10.1 Å². The van der Waals surface area contributed by atoms with Gasteiger partial charge in [0.15, 0.2) is 0 Å². The molecule has 0 aliphatic carbocycles. The Bertz CT molecular complexity index is 804. The van der Waals surface area contributed by atoms with Crippen LogP contribution in [0.4, 0.5) is 5.69 Å². The van der Waals surface area contributed by atoms with E-state index in [0.29, 0.717) is 17.3 Å². The summed E-state index contributed by atoms with van der Waals surface area (Å²) in [5.41, 5.74) is 3.09. The molecule has 7 heteroatoms. The number of hydrogen-bond acceptors (Lipinski definition) is 6. The lowest BCUT2D eigenvalue weighted by Gasteiger charge is -2.06. The number of benzene rings is 1. The van der Waals surface area contributed by atoms with E-state index in [0.717, 1.165) is 5.69 Å². The maximum Gasteiger partial charge on any atom is 0.248 e. The lowest BCUT2D eigenvalue weighted by atomic mass is 10.3. The minimum Gasteiger partial charge on any atom is -0.437 e. The van der Waals surface area contributed by atoms with Crippen molar-refractivity contribution in [2.24, 2.45) is 0 Å². The molecule has 0 unspecified atom stereocenters. The predicted octanol–water partition coefficient (Wildman–Crippen LogP) is 3.38. The van der Waals surface area contributed by atoms with Crippen molar-refractivity contribution in [3.8, 4) is 11.6 Å². The van der Waals surface area contributed by atoms with Gasteiger partial charge in [-0.25, -0.2) is 9.97 Å². The van der Waals surface area contributed by atoms with E-state index in [4.69, 9.17) is 4.74 Å². The summed E-state index contributed by atoms with van der Waals surface area (Å²) >= 11 is 1.48. The third-order valence-corrected chi connectivity index (χ3v) is 3.33. The molecular weight excluding hydrogens is 312 g/mol. The summed E-state index contributed by atoms with van der Waals surface area (Å²) in [6.07, 6.45) is 7.72. The molecule has 114 valence electrons. The van der Waals surface area contributed by atoms with Gasteiger partial charge in [0.25, 0.3) is 0 Å². The molecule has 0 saturated carbocycles. The van der Waals surface area contributed by atoms with Gasteiger partial charge in [-0.3, -0.25) is 9.78 Å². The van der Waals surface area contributed by atoms with Crippen LogP contribution in [0.5, 0.6) is 11.6 Å². The Morgan fingerprint density at radius 3 is 3.00 bits per heavy atom. The van der Waals surface area contributed by atoms with Gasteiger partial charge in [0.2, 0.25) is 11.8 Å². The first kappa shape index (κ1) is 14.9. The second-order valence-electron chi connectivity index (χ2n) is 4.41. The van der Waals surface area contributed by atoms with Crippen molar-refractivity contribution in [1.29, 1.82) is 0 Å². The molecule has 0 spiro atoms. The summed E-state index contributed by atoms with van der Waals surface area (Å²) in [5.74, 6) is 0.709. The van der Waals surface area contributed by atoms with Crippen molar-refractivity contribution < 1.29 is 9.53 Å². The number of nitrogens with one attached hydrogen (secondary N) is 1. The Labute approximate surface area is 136 Å². The summed E-state index contributed by atoms with van der Waals surface area (Å²) in [5, 5.41) is 4.62. The maximum absolute atomic E-state index is 11.9. The number of nitrogens with zero attached hydrogens (tertiary/aromatic N) is 3. The van der Waals surface area contributed by atoms with E-state index in [1.165, 1.54) is 23.6 Å². The highest BCUT2D eigenvalue weighted by atomic mass is 32.1. The molecule has 1 amide bonds. The van der Waals surface area contributed by atoms with Crippen molar-refractivity contribution in [1.82, 2.24) is 15.0 Å². The molecule has 3 rings (SSSR count). The minimum atomic E-state index is -0.241. The Morgan fingerprint density at radius 2 is 2.22 bits per heavy atom. The Hall–Kier alpha value is -3.06. The van der Waals surface area contributed by atoms with Gasteiger partial charge in [-0.2, -0.15) is 0 Å². The first-order chi connectivity index (χ1) is 11.3. The summed E-state index contributed by atoms with van der Waals surface area (Å²) in [4.78, 5) is 23.9. The lowest BCUT2D eigenvalue weighted by molar-refractivity contribution is -0.111. The van der Waals surface area contributed by atoms with Crippen LogP contribution in [-0.4, -0.2) is 20.9 Å². The first-order valence-electron chi connectivity index (χ1n) is 6.71. The monoisotopic (exact) mass is 324 g/mol. The van der Waals surface area contributed by atoms with Crippen molar-refractivity contribution in [3.63, 3.8) is 0 Å². The zero-order valence-corrected chi connectivity index (χ0v) is 12.7. The van der Waals surface area contributed by atoms with Gasteiger partial charge in [0.1, 0.15) is 5.75 Å². The fourth-order valence-electron chi connectivity index (χ4n) is 1.75. The van der Waals surface area contributed by atoms with Gasteiger partial charge in [-0.15, -0.1) is 11.3 Å². The second-order valence-corrected chi connectivity index (χ2v) is 5.13. The highest BCUT2D eigenvalue weighted by Gasteiger charge is 2.02. The van der Waals surface area contributed by atoms with Crippen molar-refractivity contribution >= 4 is 29.0 Å². The molecular formula is C16H12N4O2S. The summed E-state index contributed by atoms with van der Waals surface area (Å²) in [7, 11) is 0. The highest BCUT2D eigenvalue weighted by Crippen LogP contribution is 2.22. The van der Waals surface area contributed by atoms with Gasteiger partial charge in [-0.05, 0) is 18.2 Å². The summed E-state index contributed by atoms with van der Waals surface area (Å²) < 4.78 is 5.57. The Balaban J connectivity index is 1.64. The number of thiazole rings is 1. The molecule has 0 aliphatic heterocycles. The Kier molecular flexibility index (Phi) is 4.70. The molecule has 3 aromatic rings. The normalized spacial score (nSPS) is 10.6. The average Bonchev–Trinajstić information content (AvgIpc) is 3.08. The zero-order chi connectivity index (χ0) is 15.9. The van der Waals surface area contributed by atoms with Crippen LogP contribution in [-0.2, 0) is 4.79 Å². The standard InChI is InChI=1S/C16H12N4O2S/c21-15(5-4-13-10-23-11-19-13)20-12-2-1-3-14(8-12)22-16-9-17-6-7-18-16/h1-11H,(H,20,21). The number of carbonyl (C=O) groups excluding carboxylic acids is 1. The molecule has 23 heavy (non-hydrogen) atoms. The minimum absolute atomic E-state index is 0.241. The first-order valence-corrected chi connectivity index (χ1v) is 7.65. The maximum atomic E-state index is 11.9. The fourth-order valence-corrected chi connectivity index (χ4v) is 2.27. The van der Waals surface area contributed by atoms with Gasteiger partial charge in [0.05, 0.1) is 17.4 Å². The zero-order valence-electron chi connectivity index (χ0n) is 11.9. The number of anilines is 1. The molecule has 0 saturated heterocycles. The van der Waals surface area contributed by atoms with Gasteiger partial charge in [0, 0.05) is 35.6 Å². The molecule has 6 nitrogen and oxygen atoms in total. The lowest BCUT2D eigenvalue weighted by Crippen LogP contribution is -2.07. The van der Waals surface area contributed by atoms with E-state index in [1.54, 1.807) is 48.2 Å². The number of rotatable bonds is 5. The van der Waals surface area contributed by atoms with Crippen LogP contribution in [0.25, 0.3) is 6.08 Å². The van der Waals surface area contributed by atoms with Crippen molar-refractivity contribution in [3.05, 3.63) is 65.5 Å². The van der Waals surface area contributed by atoms with Crippen LogP contribution >= 0.6 is 11.3 Å². The summed E-state index contributed by atoms with van der Waals surface area (Å²) in [6, 6.07) is 7.04. The van der Waals surface area contributed by atoms with Crippen LogP contribution in [0, 0.1) is 0 Å². The molecule has 0 atom stereocenters. The van der Waals surface area contributed by atoms with Crippen LogP contribution in [0.1, 0.15) is 5.69 Å². The smallest absolute Gasteiger partial charge is 0.248 e. The number of aromatic nitrogens is 3. The second kappa shape index (κ2) is 7.28. The number of amides is 1. The average molecular weight is 324 g/mol. The number of carbonyl (C=O) groups is 1. The van der Waals surface area contributed by atoms with E-state index in [9.17, 15) is 4.79 Å². The van der Waals surface area contributed by atoms with Gasteiger partial charge in [-0.1, -0.05) is 6.07 Å². The third kappa shape index (κ3) is 4.45. The largest absolute Gasteiger partial charge is 0.437 e. The van der Waals surface area contributed by atoms with Crippen LogP contribution < -0.4 is 10.1 Å². The van der Waals surface area contributed by atoms with Gasteiger partial charge >= 0.3 is 0 Å². The highest BCUT2D eigenvalue weighted by molar-refractivity contribution is 7.07. The fraction of sp³-hybridized carbons (Fsp3) is 0. The third-order valence-electron chi connectivity index (χ3n) is 2.72. The Morgan fingerprint density at radius 1 is 1.26 bits per heavy atom. The number of hydrogen-bond donors (Lipinski definition) is 1. The van der Waals surface area contributed by atoms with Crippen LogP contribution in [0.3, 0.4) is 0 Å². The molecule has 1 aromatic carbocycles. The molecule has 0 radical (unpaired) electrons. The van der Waals surface area contributed by atoms with Crippen LogP contribution in [0.2, 0.25) is 0 Å². The van der Waals surface area contributed by atoms with E-state index >= 15 is 0 Å². The van der Waals surface area contributed by atoms with E-state index in [-0.39, 0.29) is 5.91 Å². The number of ether oxygens (including phenoxy) is 1. The van der Waals surface area contributed by atoms with Crippen molar-refractivity contribution in [2.45, 2.75) is 0 Å². The van der Waals surface area contributed by atoms with E-state index in [2.05, 4.69) is 20.3 Å². The predicted molar refractivity (Wildman–Crippen MR) is 88.3 cm³/mol. The molecule has 0 bridgehead atoms. The van der Waals surface area contributed by atoms with E-state index in [1.807, 2.05) is 5.38 Å². The molecule has 2 aromatic heterocycles. The van der Waals surface area contributed by atoms with Crippen molar-refractivity contribution in [2.75, 3.05) is 5.32 Å². The quantitative estimate of drug-likeness (QED) is 0.728. The van der Waals surface area contributed by atoms with E-state index < -0.39 is 0 Å². The topological polar surface area (TPSA) is 77.0 Å². The molecule has 1 N–H and O–H groups in total. The SMILES string of the molecule is O=C(C=Cc1cscn1)Nc1cccc(Oc2cnccn2)c1. The van der Waals surface area contributed by atoms with Crippen LogP contribution in [0.15, 0.2) is 59.8 Å². The molecule has 0 aliphatic rings.